The lowest BCUT2D eigenvalue weighted by molar-refractivity contribution is -0.131. The summed E-state index contributed by atoms with van der Waals surface area (Å²) in [6.45, 7) is 0.632. The molecule has 0 saturated carbocycles. The van der Waals surface area contributed by atoms with Crippen LogP contribution < -0.4 is 0 Å². The summed E-state index contributed by atoms with van der Waals surface area (Å²) in [5.74, 6) is -0.945. The summed E-state index contributed by atoms with van der Waals surface area (Å²) >= 11 is 0. The molecule has 2 aromatic rings. The molecule has 2 rings (SSSR count). The molecule has 0 radical (unpaired) electrons. The van der Waals surface area contributed by atoms with E-state index >= 15 is 0 Å². The van der Waals surface area contributed by atoms with E-state index in [9.17, 15) is 4.79 Å². The topological polar surface area (TPSA) is 55.1 Å². The summed E-state index contributed by atoms with van der Waals surface area (Å²) in [7, 11) is 0. The fourth-order valence-corrected chi connectivity index (χ4v) is 1.57. The first-order valence-electron chi connectivity index (χ1n) is 5.22. The van der Waals surface area contributed by atoms with Gasteiger partial charge in [0.1, 0.15) is 0 Å². The van der Waals surface area contributed by atoms with Crippen molar-refractivity contribution in [3.8, 4) is 0 Å². The average Bonchev–Trinajstić information content (AvgIpc) is 2.80. The van der Waals surface area contributed by atoms with Crippen molar-refractivity contribution in [3.05, 3.63) is 59.9 Å². The third kappa shape index (κ3) is 3.04. The van der Waals surface area contributed by atoms with Crippen LogP contribution in [0.15, 0.2) is 48.8 Å². The Morgan fingerprint density at radius 3 is 2.88 bits per heavy atom. The van der Waals surface area contributed by atoms with Crippen molar-refractivity contribution in [2.75, 3.05) is 0 Å². The van der Waals surface area contributed by atoms with Crippen molar-refractivity contribution in [3.63, 3.8) is 0 Å². The molecular weight excluding hydrogens is 216 g/mol. The first kappa shape index (κ1) is 11.1. The van der Waals surface area contributed by atoms with Crippen LogP contribution in [0.1, 0.15) is 11.1 Å². The van der Waals surface area contributed by atoms with E-state index < -0.39 is 5.97 Å². The Balaban J connectivity index is 2.24. The van der Waals surface area contributed by atoms with Crippen LogP contribution in [0.5, 0.6) is 0 Å². The summed E-state index contributed by atoms with van der Waals surface area (Å²) in [5, 5.41) is 12.7. The SMILES string of the molecule is O=C(O)/C=C/c1ccccc1Cn1cccn1. The van der Waals surface area contributed by atoms with E-state index in [-0.39, 0.29) is 0 Å². The zero-order valence-corrected chi connectivity index (χ0v) is 9.15. The molecule has 1 aromatic carbocycles. The lowest BCUT2D eigenvalue weighted by Gasteiger charge is -2.05. The number of carboxylic acids is 1. The predicted molar refractivity (Wildman–Crippen MR) is 64.4 cm³/mol. The van der Waals surface area contributed by atoms with Gasteiger partial charge < -0.3 is 5.11 Å². The van der Waals surface area contributed by atoms with Gasteiger partial charge in [-0.1, -0.05) is 24.3 Å². The van der Waals surface area contributed by atoms with E-state index in [0.29, 0.717) is 6.54 Å². The van der Waals surface area contributed by atoms with Crippen LogP contribution in [-0.2, 0) is 11.3 Å². The number of aromatic nitrogens is 2. The van der Waals surface area contributed by atoms with Crippen molar-refractivity contribution in [2.24, 2.45) is 0 Å². The van der Waals surface area contributed by atoms with E-state index in [1.807, 2.05) is 36.5 Å². The molecule has 0 saturated heterocycles. The van der Waals surface area contributed by atoms with Crippen LogP contribution in [0.25, 0.3) is 6.08 Å². The van der Waals surface area contributed by atoms with Crippen molar-refractivity contribution >= 4 is 12.0 Å². The van der Waals surface area contributed by atoms with Gasteiger partial charge in [-0.3, -0.25) is 4.68 Å². The predicted octanol–water partition coefficient (Wildman–Crippen LogP) is 2.03. The van der Waals surface area contributed by atoms with Gasteiger partial charge in [0.15, 0.2) is 0 Å². The van der Waals surface area contributed by atoms with Gasteiger partial charge in [-0.2, -0.15) is 5.10 Å². The molecule has 0 unspecified atom stereocenters. The molecule has 4 nitrogen and oxygen atoms in total. The van der Waals surface area contributed by atoms with Gasteiger partial charge in [-0.25, -0.2) is 4.79 Å². The highest BCUT2D eigenvalue weighted by atomic mass is 16.4. The van der Waals surface area contributed by atoms with E-state index in [1.54, 1.807) is 17.0 Å². The van der Waals surface area contributed by atoms with E-state index in [0.717, 1.165) is 17.2 Å². The van der Waals surface area contributed by atoms with E-state index in [1.165, 1.54) is 0 Å². The number of benzene rings is 1. The van der Waals surface area contributed by atoms with Gasteiger partial charge >= 0.3 is 5.97 Å². The van der Waals surface area contributed by atoms with Crippen molar-refractivity contribution in [1.82, 2.24) is 9.78 Å². The van der Waals surface area contributed by atoms with Crippen LogP contribution in [0, 0.1) is 0 Å². The Morgan fingerprint density at radius 2 is 2.18 bits per heavy atom. The molecule has 4 heteroatoms. The Hall–Kier alpha value is -2.36. The molecule has 1 N–H and O–H groups in total. The van der Waals surface area contributed by atoms with E-state index in [2.05, 4.69) is 5.10 Å². The molecule has 0 aliphatic heterocycles. The van der Waals surface area contributed by atoms with Crippen molar-refractivity contribution < 1.29 is 9.90 Å². The van der Waals surface area contributed by atoms with Gasteiger partial charge in [0.05, 0.1) is 6.54 Å². The first-order chi connectivity index (χ1) is 8.25. The second-order valence-electron chi connectivity index (χ2n) is 3.57. The molecule has 1 aromatic heterocycles. The lowest BCUT2D eigenvalue weighted by atomic mass is 10.1. The van der Waals surface area contributed by atoms with Crippen LogP contribution in [-0.4, -0.2) is 20.9 Å². The molecule has 17 heavy (non-hydrogen) atoms. The minimum atomic E-state index is -0.945. The molecule has 0 atom stereocenters. The smallest absolute Gasteiger partial charge is 0.328 e. The highest BCUT2D eigenvalue weighted by Crippen LogP contribution is 2.12. The lowest BCUT2D eigenvalue weighted by Crippen LogP contribution is -2.01. The van der Waals surface area contributed by atoms with Gasteiger partial charge in [0, 0.05) is 18.5 Å². The average molecular weight is 228 g/mol. The van der Waals surface area contributed by atoms with Crippen LogP contribution in [0.4, 0.5) is 0 Å². The first-order valence-corrected chi connectivity index (χ1v) is 5.22. The summed E-state index contributed by atoms with van der Waals surface area (Å²) in [6.07, 6.45) is 6.33. The minimum Gasteiger partial charge on any atom is -0.478 e. The number of hydrogen-bond acceptors (Lipinski definition) is 2. The molecular formula is C13H12N2O2. The second-order valence-corrected chi connectivity index (χ2v) is 3.57. The van der Waals surface area contributed by atoms with Crippen LogP contribution >= 0.6 is 0 Å². The monoisotopic (exact) mass is 228 g/mol. The molecule has 0 fully saturated rings. The van der Waals surface area contributed by atoms with Crippen molar-refractivity contribution in [1.29, 1.82) is 0 Å². The summed E-state index contributed by atoms with van der Waals surface area (Å²) in [5.41, 5.74) is 1.93. The largest absolute Gasteiger partial charge is 0.478 e. The Bertz CT molecular complexity index is 530. The van der Waals surface area contributed by atoms with Crippen LogP contribution in [0.2, 0.25) is 0 Å². The molecule has 0 spiro atoms. The van der Waals surface area contributed by atoms with Crippen molar-refractivity contribution in [2.45, 2.75) is 6.54 Å². The third-order valence-electron chi connectivity index (χ3n) is 2.35. The number of carboxylic acid groups (broad SMARTS) is 1. The van der Waals surface area contributed by atoms with Gasteiger partial charge in [0.25, 0.3) is 0 Å². The highest BCUT2D eigenvalue weighted by molar-refractivity contribution is 5.85. The summed E-state index contributed by atoms with van der Waals surface area (Å²) < 4.78 is 1.80. The summed E-state index contributed by atoms with van der Waals surface area (Å²) in [4.78, 5) is 10.5. The standard InChI is InChI=1S/C13H12N2O2/c16-13(17)7-6-11-4-1-2-5-12(11)10-15-9-3-8-14-15/h1-9H,10H2,(H,16,17)/b7-6+. The maximum atomic E-state index is 10.5. The van der Waals surface area contributed by atoms with Gasteiger partial charge in [-0.05, 0) is 23.3 Å². The Morgan fingerprint density at radius 1 is 1.35 bits per heavy atom. The number of carbonyl (C=O) groups is 1. The maximum Gasteiger partial charge on any atom is 0.328 e. The Kier molecular flexibility index (Phi) is 3.35. The van der Waals surface area contributed by atoms with Gasteiger partial charge in [0.2, 0.25) is 0 Å². The number of nitrogens with zero attached hydrogens (tertiary/aromatic N) is 2. The third-order valence-corrected chi connectivity index (χ3v) is 2.35. The Labute approximate surface area is 98.8 Å². The fourth-order valence-electron chi connectivity index (χ4n) is 1.57. The maximum absolute atomic E-state index is 10.5. The molecule has 86 valence electrons. The molecule has 0 amide bonds. The fraction of sp³-hybridized carbons (Fsp3) is 0.0769. The van der Waals surface area contributed by atoms with Gasteiger partial charge in [-0.15, -0.1) is 0 Å². The van der Waals surface area contributed by atoms with Crippen LogP contribution in [0.3, 0.4) is 0 Å². The zero-order chi connectivity index (χ0) is 12.1. The number of hydrogen-bond donors (Lipinski definition) is 1. The highest BCUT2D eigenvalue weighted by Gasteiger charge is 2.00. The number of rotatable bonds is 4. The molecule has 0 aliphatic rings. The zero-order valence-electron chi connectivity index (χ0n) is 9.15. The molecule has 1 heterocycles. The minimum absolute atomic E-state index is 0.632. The van der Waals surface area contributed by atoms with E-state index in [4.69, 9.17) is 5.11 Å². The molecule has 0 aliphatic carbocycles. The normalized spacial score (nSPS) is 10.8. The molecule has 0 bridgehead atoms. The summed E-state index contributed by atoms with van der Waals surface area (Å²) in [6, 6.07) is 9.52. The quantitative estimate of drug-likeness (QED) is 0.814. The second kappa shape index (κ2) is 5.12. The number of aliphatic carboxylic acids is 1.